The number of fused-ring (bicyclic) bond motifs is 1. The van der Waals surface area contributed by atoms with Gasteiger partial charge >= 0.3 is 0 Å². The van der Waals surface area contributed by atoms with Gasteiger partial charge in [0, 0.05) is 36.6 Å². The second-order valence-corrected chi connectivity index (χ2v) is 7.98. The van der Waals surface area contributed by atoms with Crippen LogP contribution >= 0.6 is 11.8 Å². The van der Waals surface area contributed by atoms with Gasteiger partial charge in [0.05, 0.1) is 4.87 Å². The molecular weight excluding hydrogens is 322 g/mol. The molecule has 2 amide bonds. The van der Waals surface area contributed by atoms with Crippen molar-refractivity contribution in [3.05, 3.63) is 24.3 Å². The van der Waals surface area contributed by atoms with Gasteiger partial charge in [0.1, 0.15) is 6.04 Å². The van der Waals surface area contributed by atoms with Crippen molar-refractivity contribution in [1.29, 1.82) is 0 Å². The van der Waals surface area contributed by atoms with Gasteiger partial charge in [0.2, 0.25) is 11.8 Å². The Balaban J connectivity index is 1.68. The summed E-state index contributed by atoms with van der Waals surface area (Å²) < 4.78 is 0. The van der Waals surface area contributed by atoms with E-state index in [0.29, 0.717) is 12.2 Å². The highest BCUT2D eigenvalue weighted by molar-refractivity contribution is 8.01. The van der Waals surface area contributed by atoms with Gasteiger partial charge in [0.15, 0.2) is 0 Å². The monoisotopic (exact) mass is 347 g/mol. The largest absolute Gasteiger partial charge is 0.372 e. The van der Waals surface area contributed by atoms with E-state index >= 15 is 0 Å². The third-order valence-electron chi connectivity index (χ3n) is 5.01. The van der Waals surface area contributed by atoms with E-state index in [1.54, 1.807) is 16.7 Å². The molecule has 0 aromatic heterocycles. The van der Waals surface area contributed by atoms with Gasteiger partial charge in [-0.1, -0.05) is 0 Å². The number of nitrogens with one attached hydrogen (secondary N) is 1. The quantitative estimate of drug-likeness (QED) is 0.890. The lowest BCUT2D eigenvalue weighted by Gasteiger charge is -2.29. The van der Waals surface area contributed by atoms with Crippen LogP contribution in [0.4, 0.5) is 11.4 Å². The van der Waals surface area contributed by atoms with E-state index in [1.165, 1.54) is 0 Å². The van der Waals surface area contributed by atoms with E-state index in [4.69, 9.17) is 0 Å². The predicted molar refractivity (Wildman–Crippen MR) is 99.4 cm³/mol. The van der Waals surface area contributed by atoms with Gasteiger partial charge in [0.25, 0.3) is 0 Å². The van der Waals surface area contributed by atoms with Crippen molar-refractivity contribution < 1.29 is 9.59 Å². The van der Waals surface area contributed by atoms with Crippen LogP contribution in [0.5, 0.6) is 0 Å². The first-order valence-corrected chi connectivity index (χ1v) is 9.59. The van der Waals surface area contributed by atoms with Crippen LogP contribution in [0.2, 0.25) is 0 Å². The topological polar surface area (TPSA) is 52.7 Å². The second kappa shape index (κ2) is 6.67. The molecule has 0 radical (unpaired) electrons. The summed E-state index contributed by atoms with van der Waals surface area (Å²) in [7, 11) is 0. The number of nitrogens with zero attached hydrogens (tertiary/aromatic N) is 2. The summed E-state index contributed by atoms with van der Waals surface area (Å²) in [5, 5.41) is 2.97. The Morgan fingerprint density at radius 1 is 1.33 bits per heavy atom. The minimum Gasteiger partial charge on any atom is -0.372 e. The first kappa shape index (κ1) is 17.1. The van der Waals surface area contributed by atoms with E-state index in [2.05, 4.69) is 31.0 Å². The van der Waals surface area contributed by atoms with Gasteiger partial charge in [-0.3, -0.25) is 9.59 Å². The molecule has 1 N–H and O–H groups in total. The lowest BCUT2D eigenvalue weighted by molar-refractivity contribution is -0.135. The molecule has 0 spiro atoms. The van der Waals surface area contributed by atoms with Crippen LogP contribution in [-0.2, 0) is 9.59 Å². The number of hydrogen-bond donors (Lipinski definition) is 1. The van der Waals surface area contributed by atoms with Crippen molar-refractivity contribution in [3.8, 4) is 0 Å². The van der Waals surface area contributed by atoms with Crippen molar-refractivity contribution in [2.75, 3.05) is 29.1 Å². The van der Waals surface area contributed by atoms with E-state index < -0.39 is 0 Å². The fourth-order valence-corrected chi connectivity index (χ4v) is 5.02. The normalized spacial score (nSPS) is 25.7. The smallest absolute Gasteiger partial charge is 0.248 e. The Morgan fingerprint density at radius 2 is 2.00 bits per heavy atom. The average Bonchev–Trinajstić information content (AvgIpc) is 3.07. The Morgan fingerprint density at radius 3 is 2.62 bits per heavy atom. The molecule has 0 unspecified atom stereocenters. The number of carbonyl (C=O) groups is 2. The number of benzene rings is 1. The van der Waals surface area contributed by atoms with Gasteiger partial charge < -0.3 is 15.1 Å². The molecule has 1 aromatic carbocycles. The molecule has 2 aliphatic heterocycles. The molecule has 6 heteroatoms. The third-order valence-corrected chi connectivity index (χ3v) is 6.52. The van der Waals surface area contributed by atoms with Crippen LogP contribution in [-0.4, -0.2) is 46.5 Å². The Labute approximate surface area is 147 Å². The molecule has 2 aliphatic rings. The second-order valence-electron chi connectivity index (χ2n) is 6.47. The zero-order valence-corrected chi connectivity index (χ0v) is 15.4. The Kier molecular flexibility index (Phi) is 4.76. The fourth-order valence-electron chi connectivity index (χ4n) is 3.58. The van der Waals surface area contributed by atoms with Crippen molar-refractivity contribution in [3.63, 3.8) is 0 Å². The van der Waals surface area contributed by atoms with Gasteiger partial charge in [-0.15, -0.1) is 11.8 Å². The number of anilines is 2. The molecule has 1 aromatic rings. The van der Waals surface area contributed by atoms with Gasteiger partial charge in [-0.2, -0.15) is 0 Å². The number of thioether (sulfide) groups is 1. The molecule has 0 aliphatic carbocycles. The minimum atomic E-state index is -0.363. The maximum Gasteiger partial charge on any atom is 0.248 e. The predicted octanol–water partition coefficient (Wildman–Crippen LogP) is 2.93. The molecule has 130 valence electrons. The lowest BCUT2D eigenvalue weighted by atomic mass is 10.2. The zero-order valence-electron chi connectivity index (χ0n) is 14.5. The van der Waals surface area contributed by atoms with Crippen LogP contribution in [0.1, 0.15) is 33.6 Å². The highest BCUT2D eigenvalue weighted by Gasteiger charge is 2.52. The highest BCUT2D eigenvalue weighted by atomic mass is 32.2. The fraction of sp³-hybridized carbons (Fsp3) is 0.556. The summed E-state index contributed by atoms with van der Waals surface area (Å²) in [6.07, 6.45) is 1.38. The van der Waals surface area contributed by atoms with Gasteiger partial charge in [-0.25, -0.2) is 0 Å². The summed E-state index contributed by atoms with van der Waals surface area (Å²) in [6, 6.07) is 7.54. The summed E-state index contributed by atoms with van der Waals surface area (Å²) in [6.45, 7) is 8.23. The number of carbonyl (C=O) groups excluding carboxylic acids is 2. The van der Waals surface area contributed by atoms with Crippen molar-refractivity contribution in [2.24, 2.45) is 0 Å². The molecule has 5 nitrogen and oxygen atoms in total. The zero-order chi connectivity index (χ0) is 17.3. The summed E-state index contributed by atoms with van der Waals surface area (Å²) in [5.74, 6) is 0.683. The first-order chi connectivity index (χ1) is 11.5. The number of hydrogen-bond acceptors (Lipinski definition) is 4. The minimum absolute atomic E-state index is 0.0861. The SMILES string of the molecule is CCN(CC)c1ccc(NC(=O)[C@@H]2CS[C@]3(C)CCC(=O)N23)cc1. The third kappa shape index (κ3) is 2.99. The van der Waals surface area contributed by atoms with Crippen LogP contribution in [0.3, 0.4) is 0 Å². The number of rotatable bonds is 5. The maximum atomic E-state index is 12.6. The van der Waals surface area contributed by atoms with Crippen LogP contribution in [0, 0.1) is 0 Å². The molecule has 24 heavy (non-hydrogen) atoms. The first-order valence-electron chi connectivity index (χ1n) is 8.60. The Bertz CT molecular complexity index is 630. The summed E-state index contributed by atoms with van der Waals surface area (Å²) >= 11 is 1.72. The van der Waals surface area contributed by atoms with E-state index in [1.807, 2.05) is 24.3 Å². The van der Waals surface area contributed by atoms with Crippen molar-refractivity contribution >= 4 is 35.0 Å². The van der Waals surface area contributed by atoms with Crippen molar-refractivity contribution in [1.82, 2.24) is 4.90 Å². The lowest BCUT2D eigenvalue weighted by Crippen LogP contribution is -2.48. The molecule has 2 atom stereocenters. The van der Waals surface area contributed by atoms with Crippen LogP contribution in [0.25, 0.3) is 0 Å². The van der Waals surface area contributed by atoms with Crippen LogP contribution in [0.15, 0.2) is 24.3 Å². The molecule has 3 rings (SSSR count). The molecule has 2 fully saturated rings. The standard InChI is InChI=1S/C18H25N3O2S/c1-4-20(5-2)14-8-6-13(7-9-14)19-17(23)15-12-24-18(3)11-10-16(22)21(15)18/h6-9,15H,4-5,10-12H2,1-3H3,(H,19,23)/t15-,18+/m0/s1. The molecule has 0 saturated carbocycles. The molecular formula is C18H25N3O2S. The average molecular weight is 347 g/mol. The number of amides is 2. The molecule has 2 saturated heterocycles. The van der Waals surface area contributed by atoms with Crippen molar-refractivity contribution in [2.45, 2.75) is 44.5 Å². The van der Waals surface area contributed by atoms with E-state index in [0.717, 1.165) is 30.9 Å². The molecule has 0 bridgehead atoms. The van der Waals surface area contributed by atoms with Crippen LogP contribution < -0.4 is 10.2 Å². The Hall–Kier alpha value is -1.69. The van der Waals surface area contributed by atoms with Gasteiger partial charge in [-0.05, 0) is 51.5 Å². The van der Waals surface area contributed by atoms with E-state index in [-0.39, 0.29) is 22.7 Å². The molecule has 2 heterocycles. The summed E-state index contributed by atoms with van der Waals surface area (Å²) in [5.41, 5.74) is 1.93. The highest BCUT2D eigenvalue weighted by Crippen LogP contribution is 2.47. The summed E-state index contributed by atoms with van der Waals surface area (Å²) in [4.78, 5) is 28.6. The van der Waals surface area contributed by atoms with E-state index in [9.17, 15) is 9.59 Å². The maximum absolute atomic E-state index is 12.6.